The number of rotatable bonds is 35. The predicted octanol–water partition coefficient (Wildman–Crippen LogP) is 19.8. The molecule has 4 aromatic carbocycles. The number of unbranched alkanes of at least 4 members (excludes halogenated alkanes) is 5. The second-order valence-corrected chi connectivity index (χ2v) is 30.6. The third-order valence-corrected chi connectivity index (χ3v) is 24.0. The highest BCUT2D eigenvalue weighted by Gasteiger charge is 2.38. The molecule has 18 heteroatoms. The maximum Gasteiger partial charge on any atom is 0.330 e. The number of esters is 5. The van der Waals surface area contributed by atoms with E-state index in [0.717, 1.165) is 169 Å². The summed E-state index contributed by atoms with van der Waals surface area (Å²) in [4.78, 5) is 80.0. The number of Topliss-reactive ketones (excluding diaryl/α,β-unsaturated/α-hetero) is 1. The van der Waals surface area contributed by atoms with E-state index in [9.17, 15) is 34.0 Å². The molecule has 4 aliphatic carbocycles. The highest BCUT2D eigenvalue weighted by molar-refractivity contribution is 8.24. The van der Waals surface area contributed by atoms with E-state index in [1.54, 1.807) is 18.2 Å². The Hall–Kier alpha value is -7.38. The first-order valence-electron chi connectivity index (χ1n) is 37.9. The van der Waals surface area contributed by atoms with E-state index in [0.29, 0.717) is 75.5 Å². The van der Waals surface area contributed by atoms with E-state index in [1.807, 2.05) is 113 Å². The Bertz CT molecular complexity index is 3420. The van der Waals surface area contributed by atoms with Crippen LogP contribution in [0.25, 0.3) is 22.0 Å². The Morgan fingerprint density at radius 1 is 0.520 bits per heavy atom. The lowest BCUT2D eigenvalue weighted by atomic mass is 9.68. The summed E-state index contributed by atoms with van der Waals surface area (Å²) >= 11 is 2.46. The first kappa shape index (κ1) is 80.3. The molecule has 1 heterocycles. The van der Waals surface area contributed by atoms with Gasteiger partial charge in [-0.3, -0.25) is 24.0 Å². The lowest BCUT2D eigenvalue weighted by Gasteiger charge is -2.37. The molecule has 550 valence electrons. The van der Waals surface area contributed by atoms with Crippen LogP contribution in [-0.2, 0) is 47.7 Å². The van der Waals surface area contributed by atoms with Crippen molar-refractivity contribution in [2.24, 2.45) is 59.2 Å². The fraction of sp³-hybridized carbons (Fsp3) is 0.571. The van der Waals surface area contributed by atoms with E-state index in [2.05, 4.69) is 11.8 Å². The molecule has 0 radical (unpaired) electrons. The largest absolute Gasteiger partial charge is 0.494 e. The summed E-state index contributed by atoms with van der Waals surface area (Å²) in [7, 11) is 0. The van der Waals surface area contributed by atoms with Crippen molar-refractivity contribution in [1.82, 2.24) is 0 Å². The van der Waals surface area contributed by atoms with Crippen LogP contribution in [0.2, 0.25) is 0 Å². The number of nitrogens with zero attached hydrogens (tertiary/aromatic N) is 2. The number of hydrogen-bond donors (Lipinski definition) is 0. The number of ketones is 1. The van der Waals surface area contributed by atoms with Crippen LogP contribution in [0.1, 0.15) is 207 Å². The maximum absolute atomic E-state index is 13.7. The number of carbonyl (C=O) groups is 6. The van der Waals surface area contributed by atoms with E-state index in [4.69, 9.17) is 44.5 Å². The highest BCUT2D eigenvalue weighted by atomic mass is 32.2. The predicted molar refractivity (Wildman–Crippen MR) is 399 cm³/mol. The van der Waals surface area contributed by atoms with E-state index in [-0.39, 0.29) is 84.8 Å². The summed E-state index contributed by atoms with van der Waals surface area (Å²) in [6.07, 6.45) is 28.8. The summed E-state index contributed by atoms with van der Waals surface area (Å²) < 4.78 is 45.7. The van der Waals surface area contributed by atoms with Gasteiger partial charge >= 0.3 is 29.8 Å². The molecule has 4 saturated carbocycles. The van der Waals surface area contributed by atoms with Crippen molar-refractivity contribution in [3.05, 3.63) is 124 Å². The number of benzene rings is 4. The molecule has 2 unspecified atom stereocenters. The molecular weight excluding hydrogens is 1330 g/mol. The molecule has 0 aromatic heterocycles. The van der Waals surface area contributed by atoms with Crippen molar-refractivity contribution in [2.75, 3.05) is 46.2 Å². The van der Waals surface area contributed by atoms with Gasteiger partial charge in [0.25, 0.3) is 5.70 Å². The van der Waals surface area contributed by atoms with E-state index < -0.39 is 5.97 Å². The van der Waals surface area contributed by atoms with Crippen molar-refractivity contribution < 1.29 is 66.7 Å². The quantitative estimate of drug-likeness (QED) is 0.00799. The van der Waals surface area contributed by atoms with Crippen LogP contribution in [-0.4, -0.2) is 81.9 Å². The number of fused-ring (bicyclic) bond motifs is 1. The van der Waals surface area contributed by atoms with Crippen LogP contribution >= 0.6 is 23.5 Å². The third kappa shape index (κ3) is 25.8. The highest BCUT2D eigenvalue weighted by Crippen LogP contribution is 2.59. The topological polar surface area (TPSA) is 204 Å². The van der Waals surface area contributed by atoms with Gasteiger partial charge in [-0.2, -0.15) is 0 Å². The van der Waals surface area contributed by atoms with Gasteiger partial charge in [0.1, 0.15) is 42.8 Å². The third-order valence-electron chi connectivity index (χ3n) is 21.4. The van der Waals surface area contributed by atoms with Crippen molar-refractivity contribution in [3.8, 4) is 40.2 Å². The fourth-order valence-corrected chi connectivity index (χ4v) is 16.8. The number of hydrogen-bond acceptors (Lipinski definition) is 17. The standard InChI is InChI=1S/C50H68N2O8S2.C34H40O6/c1-5-32(3)47(54)58-29-9-7-8-28-57-31-42(53)38-20-14-35(15-21-38)37-18-24-40(25-19-37)49(56)60-44-27-26-43(45-46(44)62-50(61-45)41(30-51)52-4)59-48(55)39-22-16-36(17-23-39)34-12-10-33(6-2)11-13-34;1-3-27(2)34(36)40-24-10-5-4-9-23-37-31-18-14-29(15-19-31)30-16-20-32(21-17-30)38-25-26-39-33(35)22-13-28-11-7-6-8-12-28/h26-27,32-40H,5-25,28-29,31H2,1-3H3;6-8,11-22,27H,3-5,9-10,23-26H2,1-2H3/b50-41-;22-13+. The molecule has 0 N–H and O–H groups in total. The molecule has 9 rings (SSSR count). The lowest BCUT2D eigenvalue weighted by molar-refractivity contribution is -0.149. The zero-order chi connectivity index (χ0) is 72.4. The minimum Gasteiger partial charge on any atom is -0.494 e. The molecule has 0 amide bonds. The Morgan fingerprint density at radius 2 is 0.961 bits per heavy atom. The summed E-state index contributed by atoms with van der Waals surface area (Å²) in [6, 6.07) is 30.8. The summed E-state index contributed by atoms with van der Waals surface area (Å²) in [5.41, 5.74) is 3.07. The van der Waals surface area contributed by atoms with Gasteiger partial charge in [-0.25, -0.2) is 14.9 Å². The average molecular weight is 1430 g/mol. The monoisotopic (exact) mass is 1430 g/mol. The van der Waals surface area contributed by atoms with Gasteiger partial charge in [0.05, 0.1) is 70.2 Å². The fourth-order valence-electron chi connectivity index (χ4n) is 14.4. The number of nitriles is 1. The molecule has 4 aromatic rings. The van der Waals surface area contributed by atoms with Crippen LogP contribution < -0.4 is 18.9 Å². The number of thioether (sulfide) groups is 2. The summed E-state index contributed by atoms with van der Waals surface area (Å²) in [5.74, 6) is 4.41. The zero-order valence-corrected chi connectivity index (χ0v) is 62.5. The van der Waals surface area contributed by atoms with Crippen LogP contribution in [0, 0.1) is 77.1 Å². The number of carbonyl (C=O) groups excluding carboxylic acids is 6. The first-order valence-corrected chi connectivity index (χ1v) is 39.6. The minimum absolute atomic E-state index is 0.0169. The van der Waals surface area contributed by atoms with Crippen LogP contribution in [0.3, 0.4) is 0 Å². The maximum atomic E-state index is 13.7. The summed E-state index contributed by atoms with van der Waals surface area (Å²) in [5, 5.41) is 9.67. The zero-order valence-electron chi connectivity index (χ0n) is 60.8. The number of allylic oxidation sites excluding steroid dienone is 1. The van der Waals surface area contributed by atoms with Gasteiger partial charge in [-0.15, -0.1) is 0 Å². The van der Waals surface area contributed by atoms with Crippen LogP contribution in [0.15, 0.2) is 117 Å². The summed E-state index contributed by atoms with van der Waals surface area (Å²) in [6.45, 7) is 20.4. The van der Waals surface area contributed by atoms with Gasteiger partial charge in [-0.1, -0.05) is 132 Å². The molecule has 2 atom stereocenters. The van der Waals surface area contributed by atoms with E-state index >= 15 is 0 Å². The van der Waals surface area contributed by atoms with Gasteiger partial charge in [0, 0.05) is 18.6 Å². The van der Waals surface area contributed by atoms with Crippen molar-refractivity contribution in [2.45, 2.75) is 211 Å². The Labute approximate surface area is 614 Å². The van der Waals surface area contributed by atoms with Crippen molar-refractivity contribution in [1.29, 1.82) is 5.26 Å². The lowest BCUT2D eigenvalue weighted by Crippen LogP contribution is -2.32. The van der Waals surface area contributed by atoms with E-state index in [1.165, 1.54) is 61.7 Å². The molecule has 0 bridgehead atoms. The molecule has 1 aliphatic heterocycles. The SMILES string of the molecule is CCC(C)C(=O)OCCCCCCOc1ccc(-c2ccc(OCCOC(=O)/C=C/c3ccccc3)cc2)cc1.[C-]#[N+]/C(C#N)=C1/Sc2c(OC(=O)C3CCC(C4CCC(CC)CC4)CC3)ccc(OC(=O)C3CCC(C4CCC(C(=O)COCCCCCOC(=O)C(C)CC)CC4)CC3)c2S1. The second-order valence-electron chi connectivity index (χ2n) is 28.3. The smallest absolute Gasteiger partial charge is 0.330 e. The van der Waals surface area contributed by atoms with Crippen molar-refractivity contribution >= 4 is 65.2 Å². The second kappa shape index (κ2) is 43.7. The Kier molecular flexibility index (Phi) is 34.4. The van der Waals surface area contributed by atoms with Gasteiger partial charge < -0.3 is 37.9 Å². The van der Waals surface area contributed by atoms with Crippen molar-refractivity contribution in [3.63, 3.8) is 0 Å². The molecule has 0 saturated heterocycles. The molecule has 4 fully saturated rings. The van der Waals surface area contributed by atoms with Gasteiger partial charge in [0.2, 0.25) is 0 Å². The first-order chi connectivity index (χ1) is 49.7. The molecule has 0 spiro atoms. The Morgan fingerprint density at radius 3 is 1.42 bits per heavy atom. The normalized spacial score (nSPS) is 22.0. The average Bonchev–Trinajstić information content (AvgIpc) is 1.60. The van der Waals surface area contributed by atoms with Crippen LogP contribution in [0.5, 0.6) is 23.0 Å². The molecule has 16 nitrogen and oxygen atoms in total. The Balaban J connectivity index is 0.000000285. The molecular formula is C84H108N2O14S2. The van der Waals surface area contributed by atoms with Crippen LogP contribution in [0.4, 0.5) is 0 Å². The van der Waals surface area contributed by atoms with Gasteiger partial charge in [-0.05, 0) is 236 Å². The molecule has 5 aliphatic rings. The number of ether oxygens (including phenoxy) is 8. The van der Waals surface area contributed by atoms with Gasteiger partial charge in [0.15, 0.2) is 5.78 Å². The minimum atomic E-state index is -0.396. The molecule has 102 heavy (non-hydrogen) atoms.